The molecule has 0 aliphatic heterocycles. The summed E-state index contributed by atoms with van der Waals surface area (Å²) in [5.74, 6) is 7.50. The van der Waals surface area contributed by atoms with Crippen molar-refractivity contribution in [1.82, 2.24) is 4.98 Å². The Morgan fingerprint density at radius 1 is 1.32 bits per heavy atom. The molecule has 0 spiro atoms. The molecule has 3 nitrogen and oxygen atoms in total. The molecule has 102 valence electrons. The van der Waals surface area contributed by atoms with Crippen molar-refractivity contribution in [3.8, 4) is 17.6 Å². The van der Waals surface area contributed by atoms with Crippen LogP contribution in [-0.2, 0) is 0 Å². The van der Waals surface area contributed by atoms with Crippen molar-refractivity contribution in [2.45, 2.75) is 45.1 Å². The Hall–Kier alpha value is -1.53. The second-order valence-electron chi connectivity index (χ2n) is 5.18. The smallest absolute Gasteiger partial charge is 0.139 e. The van der Waals surface area contributed by atoms with Gasteiger partial charge < -0.3 is 9.84 Å². The number of ether oxygens (including phenoxy) is 1. The molecule has 0 saturated heterocycles. The standard InChI is InChI=1S/C16H21NO2/c1-13-5-7-15(8-6-13)19-16-10-14(11-17-12-16)4-2-3-9-18/h10-13,15,18H,3,5-9H2,1H3. The van der Waals surface area contributed by atoms with Crippen LogP contribution in [0.25, 0.3) is 0 Å². The summed E-state index contributed by atoms with van der Waals surface area (Å²) in [5, 5.41) is 8.69. The molecule has 3 heteroatoms. The monoisotopic (exact) mass is 259 g/mol. The zero-order valence-corrected chi connectivity index (χ0v) is 11.4. The zero-order valence-electron chi connectivity index (χ0n) is 11.4. The number of hydrogen-bond acceptors (Lipinski definition) is 3. The fourth-order valence-electron chi connectivity index (χ4n) is 2.31. The lowest BCUT2D eigenvalue weighted by molar-refractivity contribution is 0.135. The normalized spacial score (nSPS) is 22.4. The summed E-state index contributed by atoms with van der Waals surface area (Å²) in [6.07, 6.45) is 9.02. The quantitative estimate of drug-likeness (QED) is 0.849. The van der Waals surface area contributed by atoms with Gasteiger partial charge in [0.25, 0.3) is 0 Å². The molecule has 0 unspecified atom stereocenters. The Bertz CT molecular complexity index is 453. The maximum absolute atomic E-state index is 8.69. The largest absolute Gasteiger partial charge is 0.489 e. The van der Waals surface area contributed by atoms with Crippen LogP contribution in [0.1, 0.15) is 44.6 Å². The first kappa shape index (κ1) is 13.9. The first-order valence-electron chi connectivity index (χ1n) is 6.99. The van der Waals surface area contributed by atoms with E-state index in [4.69, 9.17) is 9.84 Å². The number of hydrogen-bond donors (Lipinski definition) is 1. The summed E-state index contributed by atoms with van der Waals surface area (Å²) in [5.41, 5.74) is 0.843. The number of aromatic nitrogens is 1. The van der Waals surface area contributed by atoms with Crippen LogP contribution in [0.15, 0.2) is 18.5 Å². The molecule has 1 aliphatic carbocycles. The van der Waals surface area contributed by atoms with Crippen LogP contribution in [-0.4, -0.2) is 22.8 Å². The summed E-state index contributed by atoms with van der Waals surface area (Å²) in [6, 6.07) is 1.93. The van der Waals surface area contributed by atoms with Gasteiger partial charge in [0.05, 0.1) is 18.9 Å². The maximum atomic E-state index is 8.69. The highest BCUT2D eigenvalue weighted by molar-refractivity contribution is 5.36. The second kappa shape index (κ2) is 7.16. The van der Waals surface area contributed by atoms with Crippen LogP contribution in [0, 0.1) is 17.8 Å². The van der Waals surface area contributed by atoms with Gasteiger partial charge in [-0.25, -0.2) is 0 Å². The summed E-state index contributed by atoms with van der Waals surface area (Å²) >= 11 is 0. The molecule has 1 saturated carbocycles. The highest BCUT2D eigenvalue weighted by atomic mass is 16.5. The van der Waals surface area contributed by atoms with E-state index < -0.39 is 0 Å². The van der Waals surface area contributed by atoms with Crippen LogP contribution in [0.3, 0.4) is 0 Å². The number of rotatable bonds is 3. The van der Waals surface area contributed by atoms with Gasteiger partial charge in [0.1, 0.15) is 5.75 Å². The average Bonchev–Trinajstić information content (AvgIpc) is 2.42. The average molecular weight is 259 g/mol. The number of nitrogens with zero attached hydrogens (tertiary/aromatic N) is 1. The van der Waals surface area contributed by atoms with E-state index in [2.05, 4.69) is 23.7 Å². The van der Waals surface area contributed by atoms with Crippen LogP contribution in [0.2, 0.25) is 0 Å². The van der Waals surface area contributed by atoms with Crippen molar-refractivity contribution in [3.63, 3.8) is 0 Å². The zero-order chi connectivity index (χ0) is 13.5. The minimum absolute atomic E-state index is 0.0941. The molecule has 1 aromatic heterocycles. The lowest BCUT2D eigenvalue weighted by Crippen LogP contribution is -2.23. The lowest BCUT2D eigenvalue weighted by atomic mass is 9.89. The number of pyridine rings is 1. The molecule has 0 atom stereocenters. The molecule has 1 N–H and O–H groups in total. The van der Waals surface area contributed by atoms with Gasteiger partial charge in [0, 0.05) is 18.2 Å². The van der Waals surface area contributed by atoms with Gasteiger partial charge in [-0.3, -0.25) is 4.98 Å². The Kier molecular flexibility index (Phi) is 5.23. The van der Waals surface area contributed by atoms with E-state index in [1.807, 2.05) is 6.07 Å². The van der Waals surface area contributed by atoms with Gasteiger partial charge in [-0.1, -0.05) is 18.8 Å². The van der Waals surface area contributed by atoms with E-state index in [0.29, 0.717) is 12.5 Å². The van der Waals surface area contributed by atoms with Crippen molar-refractivity contribution in [2.75, 3.05) is 6.61 Å². The van der Waals surface area contributed by atoms with Crippen molar-refractivity contribution >= 4 is 0 Å². The molecule has 1 aromatic rings. The molecule has 2 rings (SSSR count). The highest BCUT2D eigenvalue weighted by Crippen LogP contribution is 2.27. The van der Waals surface area contributed by atoms with E-state index in [0.717, 1.165) is 30.1 Å². The predicted molar refractivity (Wildman–Crippen MR) is 74.9 cm³/mol. The van der Waals surface area contributed by atoms with Gasteiger partial charge in [-0.15, -0.1) is 0 Å². The number of aliphatic hydroxyl groups excluding tert-OH is 1. The first-order chi connectivity index (χ1) is 9.28. The van der Waals surface area contributed by atoms with Gasteiger partial charge in [0.15, 0.2) is 0 Å². The molecule has 19 heavy (non-hydrogen) atoms. The minimum Gasteiger partial charge on any atom is -0.489 e. The van der Waals surface area contributed by atoms with E-state index in [-0.39, 0.29) is 6.61 Å². The second-order valence-corrected chi connectivity index (χ2v) is 5.18. The molecular formula is C16H21NO2. The molecule has 0 amide bonds. The van der Waals surface area contributed by atoms with Crippen molar-refractivity contribution in [3.05, 3.63) is 24.0 Å². The summed E-state index contributed by atoms with van der Waals surface area (Å²) < 4.78 is 5.97. The van der Waals surface area contributed by atoms with E-state index >= 15 is 0 Å². The van der Waals surface area contributed by atoms with Gasteiger partial charge in [-0.05, 0) is 37.7 Å². The lowest BCUT2D eigenvalue weighted by Gasteiger charge is -2.26. The Balaban J connectivity index is 1.94. The van der Waals surface area contributed by atoms with Gasteiger partial charge in [-0.2, -0.15) is 0 Å². The molecule has 1 heterocycles. The summed E-state index contributed by atoms with van der Waals surface area (Å²) in [4.78, 5) is 4.15. The third-order valence-corrected chi connectivity index (χ3v) is 3.45. The van der Waals surface area contributed by atoms with Crippen molar-refractivity contribution < 1.29 is 9.84 Å². The molecule has 0 bridgehead atoms. The van der Waals surface area contributed by atoms with Crippen LogP contribution in [0.5, 0.6) is 5.75 Å². The summed E-state index contributed by atoms with van der Waals surface area (Å²) in [6.45, 7) is 2.39. The third kappa shape index (κ3) is 4.57. The molecule has 1 fully saturated rings. The molecule has 1 aliphatic rings. The van der Waals surface area contributed by atoms with Crippen LogP contribution >= 0.6 is 0 Å². The third-order valence-electron chi connectivity index (χ3n) is 3.45. The number of aliphatic hydroxyl groups is 1. The fraction of sp³-hybridized carbons (Fsp3) is 0.562. The Morgan fingerprint density at radius 2 is 2.11 bits per heavy atom. The van der Waals surface area contributed by atoms with Crippen LogP contribution < -0.4 is 4.74 Å². The SMILES string of the molecule is CC1CCC(Oc2cncc(C#CCCO)c2)CC1. The van der Waals surface area contributed by atoms with Gasteiger partial charge in [0.2, 0.25) is 0 Å². The minimum atomic E-state index is 0.0941. The van der Waals surface area contributed by atoms with E-state index in [1.54, 1.807) is 12.4 Å². The molecule has 0 radical (unpaired) electrons. The molecule has 0 aromatic carbocycles. The van der Waals surface area contributed by atoms with E-state index in [1.165, 1.54) is 12.8 Å². The summed E-state index contributed by atoms with van der Waals surface area (Å²) in [7, 11) is 0. The topological polar surface area (TPSA) is 42.4 Å². The van der Waals surface area contributed by atoms with Crippen molar-refractivity contribution in [2.24, 2.45) is 5.92 Å². The van der Waals surface area contributed by atoms with Crippen LogP contribution in [0.4, 0.5) is 0 Å². The Morgan fingerprint density at radius 3 is 2.84 bits per heavy atom. The predicted octanol–water partition coefficient (Wildman–Crippen LogP) is 2.77. The van der Waals surface area contributed by atoms with E-state index in [9.17, 15) is 0 Å². The Labute approximate surface area is 115 Å². The maximum Gasteiger partial charge on any atom is 0.139 e. The van der Waals surface area contributed by atoms with Gasteiger partial charge >= 0.3 is 0 Å². The fourth-order valence-corrected chi connectivity index (χ4v) is 2.31. The first-order valence-corrected chi connectivity index (χ1v) is 6.99. The highest BCUT2D eigenvalue weighted by Gasteiger charge is 2.19. The molecular weight excluding hydrogens is 238 g/mol. The van der Waals surface area contributed by atoms with Crippen molar-refractivity contribution in [1.29, 1.82) is 0 Å².